The standard InChI is InChI=1S/C25H32/c1-5-8-17-24(7-3)19-25(24,16-6-2)23-15-14-22(18-20(23)4)21-12-10-9-11-13-21/h6,8-14,16-18,23H,5,7,15,19H2,1-4H3. The zero-order valence-corrected chi connectivity index (χ0v) is 16.3. The molecule has 0 radical (unpaired) electrons. The van der Waals surface area contributed by atoms with E-state index in [0.717, 1.165) is 12.8 Å². The maximum Gasteiger partial charge on any atom is 0.00497 e. The molecular formula is C25H32. The fourth-order valence-electron chi connectivity index (χ4n) is 5.00. The van der Waals surface area contributed by atoms with Crippen molar-refractivity contribution < 1.29 is 0 Å². The van der Waals surface area contributed by atoms with Gasteiger partial charge in [0.1, 0.15) is 0 Å². The Hall–Kier alpha value is -1.82. The molecule has 25 heavy (non-hydrogen) atoms. The van der Waals surface area contributed by atoms with Gasteiger partial charge in [0.25, 0.3) is 0 Å². The summed E-state index contributed by atoms with van der Waals surface area (Å²) in [7, 11) is 0. The molecule has 1 saturated carbocycles. The van der Waals surface area contributed by atoms with Crippen LogP contribution < -0.4 is 0 Å². The van der Waals surface area contributed by atoms with Crippen LogP contribution in [0.2, 0.25) is 0 Å². The first-order chi connectivity index (χ1) is 12.1. The lowest BCUT2D eigenvalue weighted by Gasteiger charge is -2.32. The maximum absolute atomic E-state index is 2.52. The van der Waals surface area contributed by atoms with Crippen molar-refractivity contribution in [3.63, 3.8) is 0 Å². The van der Waals surface area contributed by atoms with Gasteiger partial charge < -0.3 is 0 Å². The Morgan fingerprint density at radius 1 is 1.12 bits per heavy atom. The van der Waals surface area contributed by atoms with Crippen LogP contribution in [-0.2, 0) is 0 Å². The van der Waals surface area contributed by atoms with E-state index < -0.39 is 0 Å². The molecule has 132 valence electrons. The van der Waals surface area contributed by atoms with Gasteiger partial charge in [-0.05, 0) is 62.0 Å². The van der Waals surface area contributed by atoms with Gasteiger partial charge in [0.2, 0.25) is 0 Å². The van der Waals surface area contributed by atoms with E-state index in [4.69, 9.17) is 0 Å². The molecule has 3 rings (SSSR count). The third-order valence-corrected chi connectivity index (χ3v) is 6.41. The summed E-state index contributed by atoms with van der Waals surface area (Å²) in [5, 5.41) is 0. The molecule has 0 N–H and O–H groups in total. The predicted octanol–water partition coefficient (Wildman–Crippen LogP) is 7.37. The molecule has 0 saturated heterocycles. The molecule has 0 heterocycles. The molecule has 0 heteroatoms. The van der Waals surface area contributed by atoms with Crippen molar-refractivity contribution >= 4 is 5.57 Å². The Labute approximate surface area is 154 Å². The second-order valence-corrected chi connectivity index (χ2v) is 7.74. The predicted molar refractivity (Wildman–Crippen MR) is 110 cm³/mol. The molecule has 0 aromatic heterocycles. The van der Waals surface area contributed by atoms with Crippen LogP contribution in [0.1, 0.15) is 58.9 Å². The Morgan fingerprint density at radius 3 is 2.48 bits per heavy atom. The van der Waals surface area contributed by atoms with Gasteiger partial charge in [-0.2, -0.15) is 0 Å². The van der Waals surface area contributed by atoms with E-state index in [2.05, 4.69) is 94.5 Å². The van der Waals surface area contributed by atoms with E-state index in [0.29, 0.717) is 16.7 Å². The molecule has 2 aliphatic rings. The zero-order valence-electron chi connectivity index (χ0n) is 16.3. The fraction of sp³-hybridized carbons (Fsp3) is 0.440. The van der Waals surface area contributed by atoms with Crippen molar-refractivity contribution in [2.45, 2.75) is 53.4 Å². The van der Waals surface area contributed by atoms with Crippen molar-refractivity contribution in [1.82, 2.24) is 0 Å². The summed E-state index contributed by atoms with van der Waals surface area (Å²) < 4.78 is 0. The van der Waals surface area contributed by atoms with Gasteiger partial charge in [-0.3, -0.25) is 0 Å². The van der Waals surface area contributed by atoms with Gasteiger partial charge in [0, 0.05) is 5.41 Å². The van der Waals surface area contributed by atoms with E-state index in [-0.39, 0.29) is 0 Å². The lowest BCUT2D eigenvalue weighted by atomic mass is 9.71. The highest BCUT2D eigenvalue weighted by atomic mass is 14.7. The van der Waals surface area contributed by atoms with Crippen LogP contribution >= 0.6 is 0 Å². The normalized spacial score (nSPS) is 32.1. The number of hydrogen-bond donors (Lipinski definition) is 0. The highest BCUT2D eigenvalue weighted by Crippen LogP contribution is 2.73. The van der Waals surface area contributed by atoms with Crippen LogP contribution in [0.5, 0.6) is 0 Å². The largest absolute Gasteiger partial charge is 0.0910 e. The quantitative estimate of drug-likeness (QED) is 0.477. The Kier molecular flexibility index (Phi) is 5.18. The first kappa shape index (κ1) is 18.0. The van der Waals surface area contributed by atoms with Crippen LogP contribution in [0, 0.1) is 16.7 Å². The van der Waals surface area contributed by atoms with Gasteiger partial charge in [0.05, 0.1) is 0 Å². The first-order valence-electron chi connectivity index (χ1n) is 9.88. The summed E-state index contributed by atoms with van der Waals surface area (Å²) in [6.45, 7) is 9.11. The molecule has 0 nitrogen and oxygen atoms in total. The molecule has 0 spiro atoms. The topological polar surface area (TPSA) is 0 Å². The van der Waals surface area contributed by atoms with Gasteiger partial charge >= 0.3 is 0 Å². The molecule has 3 atom stereocenters. The number of hydrogen-bond acceptors (Lipinski definition) is 0. The molecule has 1 fully saturated rings. The third-order valence-electron chi connectivity index (χ3n) is 6.41. The van der Waals surface area contributed by atoms with E-state index in [1.807, 2.05) is 0 Å². The lowest BCUT2D eigenvalue weighted by molar-refractivity contribution is 0.346. The Morgan fingerprint density at radius 2 is 1.88 bits per heavy atom. The number of benzene rings is 1. The van der Waals surface area contributed by atoms with Crippen LogP contribution in [0.4, 0.5) is 0 Å². The van der Waals surface area contributed by atoms with E-state index in [1.165, 1.54) is 24.0 Å². The summed E-state index contributed by atoms with van der Waals surface area (Å²) in [5.74, 6) is 0.623. The lowest BCUT2D eigenvalue weighted by Crippen LogP contribution is -2.23. The summed E-state index contributed by atoms with van der Waals surface area (Å²) in [6, 6.07) is 10.8. The second kappa shape index (κ2) is 7.20. The minimum absolute atomic E-state index is 0.307. The fourth-order valence-corrected chi connectivity index (χ4v) is 5.00. The first-order valence-corrected chi connectivity index (χ1v) is 9.88. The van der Waals surface area contributed by atoms with Crippen LogP contribution in [-0.4, -0.2) is 0 Å². The van der Waals surface area contributed by atoms with Crippen LogP contribution in [0.3, 0.4) is 0 Å². The summed E-state index contributed by atoms with van der Waals surface area (Å²) in [5.41, 5.74) is 4.93. The maximum atomic E-state index is 2.52. The highest BCUT2D eigenvalue weighted by Gasteiger charge is 2.66. The molecule has 1 aromatic carbocycles. The molecule has 0 amide bonds. The van der Waals surface area contributed by atoms with Gasteiger partial charge in [0.15, 0.2) is 0 Å². The third kappa shape index (κ3) is 3.08. The van der Waals surface area contributed by atoms with E-state index in [9.17, 15) is 0 Å². The van der Waals surface area contributed by atoms with Crippen molar-refractivity contribution in [2.75, 3.05) is 0 Å². The molecule has 0 aliphatic heterocycles. The highest BCUT2D eigenvalue weighted by molar-refractivity contribution is 5.76. The molecule has 2 aliphatic carbocycles. The molecular weight excluding hydrogens is 300 g/mol. The summed E-state index contributed by atoms with van der Waals surface area (Å²) in [6.07, 6.45) is 19.4. The summed E-state index contributed by atoms with van der Waals surface area (Å²) >= 11 is 0. The van der Waals surface area contributed by atoms with Crippen molar-refractivity contribution in [3.05, 3.63) is 77.9 Å². The summed E-state index contributed by atoms with van der Waals surface area (Å²) in [4.78, 5) is 0. The minimum Gasteiger partial charge on any atom is -0.0910 e. The minimum atomic E-state index is 0.307. The van der Waals surface area contributed by atoms with Crippen LogP contribution in [0.25, 0.3) is 5.57 Å². The number of allylic oxidation sites excluding steroid dienone is 8. The number of rotatable bonds is 6. The average molecular weight is 333 g/mol. The average Bonchev–Trinajstić information content (AvgIpc) is 3.29. The van der Waals surface area contributed by atoms with Gasteiger partial charge in [-0.1, -0.05) is 86.2 Å². The zero-order chi connectivity index (χ0) is 17.9. The smallest absolute Gasteiger partial charge is 0.00497 e. The van der Waals surface area contributed by atoms with Gasteiger partial charge in [-0.25, -0.2) is 0 Å². The molecule has 1 aromatic rings. The second-order valence-electron chi connectivity index (χ2n) is 7.74. The van der Waals surface area contributed by atoms with E-state index >= 15 is 0 Å². The van der Waals surface area contributed by atoms with Crippen molar-refractivity contribution in [2.24, 2.45) is 16.7 Å². The SMILES string of the molecule is CC=CC1(C2CC=C(c3ccccc3)C=C2C)CC1(C=CCC)CC. The molecule has 0 bridgehead atoms. The Bertz CT molecular complexity index is 716. The monoisotopic (exact) mass is 332 g/mol. The molecule has 3 unspecified atom stereocenters. The van der Waals surface area contributed by atoms with Crippen LogP contribution in [0.15, 0.2) is 72.4 Å². The van der Waals surface area contributed by atoms with Crippen molar-refractivity contribution in [1.29, 1.82) is 0 Å². The van der Waals surface area contributed by atoms with E-state index in [1.54, 1.807) is 5.57 Å². The Balaban J connectivity index is 1.90. The van der Waals surface area contributed by atoms with Gasteiger partial charge in [-0.15, -0.1) is 0 Å². The van der Waals surface area contributed by atoms with Crippen molar-refractivity contribution in [3.8, 4) is 0 Å².